The van der Waals surface area contributed by atoms with Crippen LogP contribution < -0.4 is 10.1 Å². The predicted octanol–water partition coefficient (Wildman–Crippen LogP) is 2.74. The van der Waals surface area contributed by atoms with E-state index in [-0.39, 0.29) is 17.4 Å². The molecule has 0 bridgehead atoms. The minimum absolute atomic E-state index is 0.0525. The standard InChI is InChI=1S/C20H32N2O3/c1-14(18(23)15-6-8-17(25-5)9-7-15)21-16-10-12-22(13-11-16)19(24)20(2,3)4/h6-9,14,16,18,21,23H,10-13H2,1-5H3. The van der Waals surface area contributed by atoms with Crippen LogP contribution in [0.15, 0.2) is 24.3 Å². The Balaban J connectivity index is 1.85. The number of methoxy groups -OCH3 is 1. The Labute approximate surface area is 151 Å². The SMILES string of the molecule is COc1ccc(C(O)C(C)NC2CCN(C(=O)C(C)(C)C)CC2)cc1. The molecule has 1 saturated heterocycles. The van der Waals surface area contributed by atoms with E-state index < -0.39 is 6.10 Å². The van der Waals surface area contributed by atoms with Crippen molar-refractivity contribution in [3.05, 3.63) is 29.8 Å². The van der Waals surface area contributed by atoms with Gasteiger partial charge in [0.15, 0.2) is 0 Å². The molecule has 2 rings (SSSR count). The number of carbonyl (C=O) groups excluding carboxylic acids is 1. The molecule has 1 aliphatic rings. The normalized spacial score (nSPS) is 18.7. The topological polar surface area (TPSA) is 61.8 Å². The number of aliphatic hydroxyl groups is 1. The largest absolute Gasteiger partial charge is 0.497 e. The number of nitrogens with zero attached hydrogens (tertiary/aromatic N) is 1. The Kier molecular flexibility index (Phi) is 6.47. The van der Waals surface area contributed by atoms with Gasteiger partial charge in [0.25, 0.3) is 0 Å². The molecule has 25 heavy (non-hydrogen) atoms. The van der Waals surface area contributed by atoms with E-state index in [1.807, 2.05) is 56.9 Å². The number of hydrogen-bond donors (Lipinski definition) is 2. The zero-order valence-corrected chi connectivity index (χ0v) is 16.1. The molecule has 5 heteroatoms. The molecule has 1 fully saturated rings. The summed E-state index contributed by atoms with van der Waals surface area (Å²) in [6.07, 6.45) is 1.27. The van der Waals surface area contributed by atoms with Gasteiger partial charge in [-0.1, -0.05) is 32.9 Å². The highest BCUT2D eigenvalue weighted by atomic mass is 16.5. The predicted molar refractivity (Wildman–Crippen MR) is 99.6 cm³/mol. The van der Waals surface area contributed by atoms with Crippen LogP contribution in [0.3, 0.4) is 0 Å². The molecule has 0 aromatic heterocycles. The van der Waals surface area contributed by atoms with Gasteiger partial charge in [0.2, 0.25) is 5.91 Å². The maximum atomic E-state index is 12.3. The number of nitrogens with one attached hydrogen (secondary N) is 1. The molecule has 2 atom stereocenters. The smallest absolute Gasteiger partial charge is 0.227 e. The van der Waals surface area contributed by atoms with Crippen molar-refractivity contribution in [3.8, 4) is 5.75 Å². The molecule has 5 nitrogen and oxygen atoms in total. The number of amides is 1. The molecular formula is C20H32N2O3. The number of likely N-dealkylation sites (tertiary alicyclic amines) is 1. The second-order valence-corrected chi connectivity index (χ2v) is 7.99. The molecule has 1 heterocycles. The minimum Gasteiger partial charge on any atom is -0.497 e. The van der Waals surface area contributed by atoms with Gasteiger partial charge < -0.3 is 20.1 Å². The van der Waals surface area contributed by atoms with Gasteiger partial charge in [-0.25, -0.2) is 0 Å². The van der Waals surface area contributed by atoms with Gasteiger partial charge in [0.1, 0.15) is 5.75 Å². The highest BCUT2D eigenvalue weighted by Crippen LogP contribution is 2.23. The number of rotatable bonds is 5. The summed E-state index contributed by atoms with van der Waals surface area (Å²) in [5.41, 5.74) is 0.555. The average molecular weight is 348 g/mol. The zero-order valence-electron chi connectivity index (χ0n) is 16.1. The maximum absolute atomic E-state index is 12.3. The van der Waals surface area contributed by atoms with Gasteiger partial charge in [-0.3, -0.25) is 4.79 Å². The maximum Gasteiger partial charge on any atom is 0.227 e. The van der Waals surface area contributed by atoms with E-state index >= 15 is 0 Å². The molecule has 0 aliphatic carbocycles. The first kappa shape index (κ1) is 19.7. The summed E-state index contributed by atoms with van der Waals surface area (Å²) < 4.78 is 5.15. The fourth-order valence-electron chi connectivity index (χ4n) is 3.28. The lowest BCUT2D eigenvalue weighted by Crippen LogP contribution is -2.50. The van der Waals surface area contributed by atoms with E-state index in [4.69, 9.17) is 4.74 Å². The summed E-state index contributed by atoms with van der Waals surface area (Å²) in [6.45, 7) is 9.45. The van der Waals surface area contributed by atoms with Crippen molar-refractivity contribution in [1.82, 2.24) is 10.2 Å². The van der Waals surface area contributed by atoms with Gasteiger partial charge in [0, 0.05) is 30.6 Å². The van der Waals surface area contributed by atoms with Crippen LogP contribution in [0.1, 0.15) is 52.2 Å². The molecule has 2 unspecified atom stereocenters. The summed E-state index contributed by atoms with van der Waals surface area (Å²) in [6, 6.07) is 7.79. The van der Waals surface area contributed by atoms with E-state index in [0.717, 1.165) is 37.2 Å². The van der Waals surface area contributed by atoms with Gasteiger partial charge in [-0.05, 0) is 37.5 Å². The van der Waals surface area contributed by atoms with Crippen molar-refractivity contribution >= 4 is 5.91 Å². The average Bonchev–Trinajstić information content (AvgIpc) is 2.60. The van der Waals surface area contributed by atoms with Crippen LogP contribution in [0, 0.1) is 5.41 Å². The number of carbonyl (C=O) groups is 1. The molecule has 1 aromatic carbocycles. The van der Waals surface area contributed by atoms with Crippen LogP contribution in [0.5, 0.6) is 5.75 Å². The summed E-state index contributed by atoms with van der Waals surface area (Å²) in [5, 5.41) is 14.1. The quantitative estimate of drug-likeness (QED) is 0.859. The number of aliphatic hydroxyl groups excluding tert-OH is 1. The van der Waals surface area contributed by atoms with Crippen LogP contribution >= 0.6 is 0 Å². The van der Waals surface area contributed by atoms with Crippen molar-refractivity contribution in [2.75, 3.05) is 20.2 Å². The fraction of sp³-hybridized carbons (Fsp3) is 0.650. The van der Waals surface area contributed by atoms with Crippen molar-refractivity contribution in [3.63, 3.8) is 0 Å². The molecule has 140 valence electrons. The lowest BCUT2D eigenvalue weighted by molar-refractivity contribution is -0.140. The minimum atomic E-state index is -0.569. The molecule has 2 N–H and O–H groups in total. The Bertz CT molecular complexity index is 557. The molecule has 0 saturated carbocycles. The van der Waals surface area contributed by atoms with Gasteiger partial charge >= 0.3 is 0 Å². The second kappa shape index (κ2) is 8.19. The summed E-state index contributed by atoms with van der Waals surface area (Å²) in [5.74, 6) is 1.00. The third kappa shape index (κ3) is 5.19. The van der Waals surface area contributed by atoms with Gasteiger partial charge in [-0.2, -0.15) is 0 Å². The number of piperidine rings is 1. The monoisotopic (exact) mass is 348 g/mol. The Hall–Kier alpha value is -1.59. The summed E-state index contributed by atoms with van der Waals surface area (Å²) >= 11 is 0. The molecule has 1 amide bonds. The number of benzene rings is 1. The molecule has 1 aromatic rings. The lowest BCUT2D eigenvalue weighted by atomic mass is 9.92. The van der Waals surface area contributed by atoms with Crippen LogP contribution in [-0.2, 0) is 4.79 Å². The highest BCUT2D eigenvalue weighted by molar-refractivity contribution is 5.81. The van der Waals surface area contributed by atoms with E-state index in [1.54, 1.807) is 7.11 Å². The zero-order chi connectivity index (χ0) is 18.6. The van der Waals surface area contributed by atoms with E-state index in [2.05, 4.69) is 5.32 Å². The van der Waals surface area contributed by atoms with E-state index in [0.29, 0.717) is 6.04 Å². The molecule has 0 radical (unpaired) electrons. The number of hydrogen-bond acceptors (Lipinski definition) is 4. The third-order valence-electron chi connectivity index (χ3n) is 4.85. The second-order valence-electron chi connectivity index (χ2n) is 7.99. The fourth-order valence-corrected chi connectivity index (χ4v) is 3.28. The first-order chi connectivity index (χ1) is 11.7. The van der Waals surface area contributed by atoms with Crippen molar-refractivity contribution < 1.29 is 14.6 Å². The van der Waals surface area contributed by atoms with Crippen molar-refractivity contribution in [1.29, 1.82) is 0 Å². The van der Waals surface area contributed by atoms with Gasteiger partial charge in [0.05, 0.1) is 13.2 Å². The first-order valence-electron chi connectivity index (χ1n) is 9.10. The van der Waals surface area contributed by atoms with E-state index in [1.165, 1.54) is 0 Å². The summed E-state index contributed by atoms with van der Waals surface area (Å²) in [7, 11) is 1.63. The van der Waals surface area contributed by atoms with Crippen molar-refractivity contribution in [2.24, 2.45) is 5.41 Å². The Morgan fingerprint density at radius 3 is 2.28 bits per heavy atom. The highest BCUT2D eigenvalue weighted by Gasteiger charge is 2.31. The summed E-state index contributed by atoms with van der Waals surface area (Å²) in [4.78, 5) is 14.3. The first-order valence-corrected chi connectivity index (χ1v) is 9.10. The lowest BCUT2D eigenvalue weighted by Gasteiger charge is -2.37. The van der Waals surface area contributed by atoms with Crippen LogP contribution in [0.4, 0.5) is 0 Å². The number of ether oxygens (including phenoxy) is 1. The van der Waals surface area contributed by atoms with Crippen LogP contribution in [0.2, 0.25) is 0 Å². The van der Waals surface area contributed by atoms with E-state index in [9.17, 15) is 9.90 Å². The molecular weight excluding hydrogens is 316 g/mol. The third-order valence-corrected chi connectivity index (χ3v) is 4.85. The molecule has 1 aliphatic heterocycles. The van der Waals surface area contributed by atoms with Crippen LogP contribution in [-0.4, -0.2) is 48.2 Å². The Morgan fingerprint density at radius 1 is 1.24 bits per heavy atom. The van der Waals surface area contributed by atoms with Crippen LogP contribution in [0.25, 0.3) is 0 Å². The molecule has 0 spiro atoms. The van der Waals surface area contributed by atoms with Crippen molar-refractivity contribution in [2.45, 2.75) is 58.7 Å². The Morgan fingerprint density at radius 2 is 1.80 bits per heavy atom. The van der Waals surface area contributed by atoms with Gasteiger partial charge in [-0.15, -0.1) is 0 Å².